The Labute approximate surface area is 187 Å². The summed E-state index contributed by atoms with van der Waals surface area (Å²) >= 11 is 4.76. The predicted molar refractivity (Wildman–Crippen MR) is 125 cm³/mol. The highest BCUT2D eigenvalue weighted by molar-refractivity contribution is 8.00. The normalized spacial score (nSPS) is 15.9. The minimum absolute atomic E-state index is 0.164. The lowest BCUT2D eigenvalue weighted by Gasteiger charge is -2.22. The van der Waals surface area contributed by atoms with Crippen molar-refractivity contribution in [1.29, 1.82) is 0 Å². The summed E-state index contributed by atoms with van der Waals surface area (Å²) in [6.07, 6.45) is 1.69. The van der Waals surface area contributed by atoms with Crippen LogP contribution in [0.5, 0.6) is 0 Å². The molecule has 0 spiro atoms. The Hall–Kier alpha value is -2.35. The summed E-state index contributed by atoms with van der Waals surface area (Å²) < 4.78 is 0. The van der Waals surface area contributed by atoms with Gasteiger partial charge in [0.15, 0.2) is 5.78 Å². The first-order valence-corrected chi connectivity index (χ1v) is 12.4. The topological polar surface area (TPSA) is 55.7 Å². The van der Waals surface area contributed by atoms with E-state index in [1.54, 1.807) is 22.7 Å². The fourth-order valence-corrected chi connectivity index (χ4v) is 6.50. The van der Waals surface area contributed by atoms with Crippen molar-refractivity contribution in [2.75, 3.05) is 0 Å². The molecule has 1 aliphatic carbocycles. The van der Waals surface area contributed by atoms with Gasteiger partial charge in [-0.3, -0.25) is 4.79 Å². The molecule has 3 aromatic heterocycles. The lowest BCUT2D eigenvalue weighted by atomic mass is 9.90. The summed E-state index contributed by atoms with van der Waals surface area (Å²) in [5, 5.41) is 13.5. The second-order valence-electron chi connectivity index (χ2n) is 7.32. The Morgan fingerprint density at radius 2 is 1.63 bits per heavy atom. The third-order valence-corrected chi connectivity index (χ3v) is 8.48. The minimum Gasteiger partial charge on any atom is -0.293 e. The summed E-state index contributed by atoms with van der Waals surface area (Å²) in [5.41, 5.74) is 5.98. The number of thiophene rings is 2. The maximum absolute atomic E-state index is 13.0. The predicted octanol–water partition coefficient (Wildman–Crippen LogP) is 6.24. The summed E-state index contributed by atoms with van der Waals surface area (Å²) in [5.74, 6) is 0.164. The number of ketones is 1. The van der Waals surface area contributed by atoms with Crippen molar-refractivity contribution in [1.82, 2.24) is 15.2 Å². The number of Topliss-reactive ketones (excluding diaryl/α,β-unsaturated/α-hetero) is 1. The Bertz CT molecular complexity index is 1240. The standard InChI is InChI=1S/C23H19N3OS3/c1-13-9-11-28-21(13)18-19(22-14(2)10-12-29-22)25-26-23(24-18)30-17-8-7-15-5-3-4-6-16(15)20(17)27/h3-6,9-12,17H,7-8H2,1-2H3. The molecule has 5 rings (SSSR count). The van der Waals surface area contributed by atoms with Crippen LogP contribution in [-0.2, 0) is 6.42 Å². The Balaban J connectivity index is 1.52. The first-order valence-electron chi connectivity index (χ1n) is 9.74. The van der Waals surface area contributed by atoms with E-state index in [9.17, 15) is 4.79 Å². The van der Waals surface area contributed by atoms with E-state index in [0.717, 1.165) is 45.1 Å². The Morgan fingerprint density at radius 3 is 2.33 bits per heavy atom. The molecule has 4 aromatic rings. The lowest BCUT2D eigenvalue weighted by Crippen LogP contribution is -2.25. The number of hydrogen-bond acceptors (Lipinski definition) is 7. The fraction of sp³-hybridized carbons (Fsp3) is 0.217. The highest BCUT2D eigenvalue weighted by Gasteiger charge is 2.29. The minimum atomic E-state index is -0.173. The van der Waals surface area contributed by atoms with Crippen LogP contribution in [0.25, 0.3) is 21.1 Å². The van der Waals surface area contributed by atoms with Gasteiger partial charge in [-0.2, -0.15) is 0 Å². The van der Waals surface area contributed by atoms with E-state index in [2.05, 4.69) is 46.9 Å². The molecule has 4 nitrogen and oxygen atoms in total. The number of carbonyl (C=O) groups is 1. The maximum Gasteiger partial charge on any atom is 0.210 e. The van der Waals surface area contributed by atoms with Crippen LogP contribution in [0.3, 0.4) is 0 Å². The van der Waals surface area contributed by atoms with E-state index >= 15 is 0 Å². The Kier molecular flexibility index (Phi) is 5.26. The van der Waals surface area contributed by atoms with Gasteiger partial charge in [0.25, 0.3) is 0 Å². The summed E-state index contributed by atoms with van der Waals surface area (Å²) in [7, 11) is 0. The molecule has 30 heavy (non-hydrogen) atoms. The zero-order valence-electron chi connectivity index (χ0n) is 16.6. The van der Waals surface area contributed by atoms with Gasteiger partial charge in [-0.15, -0.1) is 32.9 Å². The second kappa shape index (κ2) is 8.06. The molecular weight excluding hydrogens is 430 g/mol. The second-order valence-corrected chi connectivity index (χ2v) is 10.3. The maximum atomic E-state index is 13.0. The molecule has 150 valence electrons. The van der Waals surface area contributed by atoms with Crippen molar-refractivity contribution < 1.29 is 4.79 Å². The number of rotatable bonds is 4. The monoisotopic (exact) mass is 449 g/mol. The van der Waals surface area contributed by atoms with Crippen molar-refractivity contribution in [3.63, 3.8) is 0 Å². The third kappa shape index (κ3) is 3.51. The van der Waals surface area contributed by atoms with E-state index in [0.29, 0.717) is 5.16 Å². The van der Waals surface area contributed by atoms with Gasteiger partial charge in [-0.1, -0.05) is 36.0 Å². The molecular formula is C23H19N3OS3. The fourth-order valence-electron chi connectivity index (χ4n) is 3.71. The molecule has 1 aliphatic rings. The molecule has 3 heterocycles. The average Bonchev–Trinajstić information content (AvgIpc) is 3.38. The van der Waals surface area contributed by atoms with Crippen molar-refractivity contribution in [3.8, 4) is 21.1 Å². The first-order chi connectivity index (χ1) is 14.6. The summed E-state index contributed by atoms with van der Waals surface area (Å²) in [4.78, 5) is 20.1. The van der Waals surface area contributed by atoms with Crippen LogP contribution in [0.2, 0.25) is 0 Å². The van der Waals surface area contributed by atoms with Gasteiger partial charge in [0, 0.05) is 5.56 Å². The third-order valence-electron chi connectivity index (χ3n) is 5.32. The number of benzene rings is 1. The molecule has 1 unspecified atom stereocenters. The van der Waals surface area contributed by atoms with Crippen LogP contribution < -0.4 is 0 Å². The molecule has 1 atom stereocenters. The molecule has 0 bridgehead atoms. The molecule has 0 aliphatic heterocycles. The number of nitrogens with zero attached hydrogens (tertiary/aromatic N) is 3. The van der Waals surface area contributed by atoms with Crippen LogP contribution in [-0.4, -0.2) is 26.2 Å². The van der Waals surface area contributed by atoms with Crippen LogP contribution in [0.15, 0.2) is 52.3 Å². The van der Waals surface area contributed by atoms with E-state index < -0.39 is 0 Å². The first kappa shape index (κ1) is 19.6. The Morgan fingerprint density at radius 1 is 0.933 bits per heavy atom. The number of aromatic nitrogens is 3. The summed E-state index contributed by atoms with van der Waals surface area (Å²) in [6, 6.07) is 12.1. The molecule has 0 amide bonds. The van der Waals surface area contributed by atoms with Gasteiger partial charge in [0.1, 0.15) is 11.4 Å². The van der Waals surface area contributed by atoms with Gasteiger partial charge >= 0.3 is 0 Å². The molecule has 1 aromatic carbocycles. The number of fused-ring (bicyclic) bond motifs is 1. The molecule has 0 radical (unpaired) electrons. The number of thioether (sulfide) groups is 1. The largest absolute Gasteiger partial charge is 0.293 e. The quantitative estimate of drug-likeness (QED) is 0.369. The zero-order valence-corrected chi connectivity index (χ0v) is 19.0. The van der Waals surface area contributed by atoms with Gasteiger partial charge < -0.3 is 0 Å². The van der Waals surface area contributed by atoms with Crippen LogP contribution in [0.4, 0.5) is 0 Å². The molecule has 0 saturated heterocycles. The van der Waals surface area contributed by atoms with E-state index in [1.807, 2.05) is 24.3 Å². The van der Waals surface area contributed by atoms with Crippen molar-refractivity contribution >= 4 is 40.2 Å². The van der Waals surface area contributed by atoms with Crippen molar-refractivity contribution in [2.24, 2.45) is 0 Å². The van der Waals surface area contributed by atoms with Gasteiger partial charge in [0.2, 0.25) is 5.16 Å². The molecule has 0 fully saturated rings. The SMILES string of the molecule is Cc1ccsc1-c1nnc(SC2CCc3ccccc3C2=O)nc1-c1sccc1C. The zero-order chi connectivity index (χ0) is 20.7. The summed E-state index contributed by atoms with van der Waals surface area (Å²) in [6.45, 7) is 4.17. The van der Waals surface area contributed by atoms with Crippen LogP contribution in [0.1, 0.15) is 33.5 Å². The average molecular weight is 450 g/mol. The number of carbonyl (C=O) groups excluding carboxylic acids is 1. The van der Waals surface area contributed by atoms with Crippen LogP contribution >= 0.6 is 34.4 Å². The highest BCUT2D eigenvalue weighted by Crippen LogP contribution is 2.39. The van der Waals surface area contributed by atoms with Gasteiger partial charge in [-0.25, -0.2) is 4.98 Å². The van der Waals surface area contributed by atoms with E-state index in [-0.39, 0.29) is 11.0 Å². The molecule has 7 heteroatoms. The van der Waals surface area contributed by atoms with Crippen LogP contribution in [0, 0.1) is 13.8 Å². The van der Waals surface area contributed by atoms with Gasteiger partial charge in [0.05, 0.1) is 15.0 Å². The van der Waals surface area contributed by atoms with Crippen molar-refractivity contribution in [2.45, 2.75) is 37.1 Å². The van der Waals surface area contributed by atoms with E-state index in [1.165, 1.54) is 22.9 Å². The van der Waals surface area contributed by atoms with Crippen molar-refractivity contribution in [3.05, 3.63) is 69.4 Å². The van der Waals surface area contributed by atoms with E-state index in [4.69, 9.17) is 4.98 Å². The number of hydrogen-bond donors (Lipinski definition) is 0. The highest BCUT2D eigenvalue weighted by atomic mass is 32.2. The van der Waals surface area contributed by atoms with Gasteiger partial charge in [-0.05, 0) is 66.3 Å². The number of aryl methyl sites for hydroxylation is 3. The lowest BCUT2D eigenvalue weighted by molar-refractivity contribution is 0.0979. The molecule has 0 N–H and O–H groups in total. The molecule has 0 saturated carbocycles. The smallest absolute Gasteiger partial charge is 0.210 e.